The van der Waals surface area contributed by atoms with Gasteiger partial charge in [-0.1, -0.05) is 30.3 Å². The van der Waals surface area contributed by atoms with Crippen molar-refractivity contribution in [3.8, 4) is 0 Å². The minimum Gasteiger partial charge on any atom is -0.478 e. The van der Waals surface area contributed by atoms with Crippen molar-refractivity contribution in [1.29, 1.82) is 0 Å². The maximum absolute atomic E-state index is 12.1. The van der Waals surface area contributed by atoms with Gasteiger partial charge in [0.15, 0.2) is 0 Å². The minimum absolute atomic E-state index is 0.0871. The molecule has 0 unspecified atom stereocenters. The SMILES string of the molecule is O=C(CCc1ccc2cnccc2c1)Nc1ccccc1C(=O)O. The summed E-state index contributed by atoms with van der Waals surface area (Å²) in [6, 6.07) is 14.3. The van der Waals surface area contributed by atoms with Crippen molar-refractivity contribution in [1.82, 2.24) is 4.98 Å². The van der Waals surface area contributed by atoms with E-state index in [4.69, 9.17) is 5.11 Å². The lowest BCUT2D eigenvalue weighted by Crippen LogP contribution is -2.15. The molecule has 0 aliphatic rings. The number of carboxylic acid groups (broad SMARTS) is 1. The van der Waals surface area contributed by atoms with Crippen LogP contribution in [0.15, 0.2) is 60.9 Å². The van der Waals surface area contributed by atoms with Crippen LogP contribution in [0, 0.1) is 0 Å². The lowest BCUT2D eigenvalue weighted by molar-refractivity contribution is -0.116. The van der Waals surface area contributed by atoms with Crippen LogP contribution >= 0.6 is 0 Å². The van der Waals surface area contributed by atoms with E-state index in [0.717, 1.165) is 16.3 Å². The molecule has 0 fully saturated rings. The molecular weight excluding hydrogens is 304 g/mol. The molecule has 1 heterocycles. The quantitative estimate of drug-likeness (QED) is 0.754. The van der Waals surface area contributed by atoms with Crippen LogP contribution in [0.4, 0.5) is 5.69 Å². The lowest BCUT2D eigenvalue weighted by atomic mass is 10.0. The van der Waals surface area contributed by atoms with E-state index < -0.39 is 5.97 Å². The Morgan fingerprint density at radius 3 is 2.71 bits per heavy atom. The summed E-state index contributed by atoms with van der Waals surface area (Å²) in [5.41, 5.74) is 1.46. The van der Waals surface area contributed by atoms with E-state index in [-0.39, 0.29) is 17.9 Å². The van der Waals surface area contributed by atoms with Gasteiger partial charge in [-0.3, -0.25) is 9.78 Å². The number of carbonyl (C=O) groups is 2. The highest BCUT2D eigenvalue weighted by Gasteiger charge is 2.11. The molecule has 0 spiro atoms. The number of para-hydroxylation sites is 1. The van der Waals surface area contributed by atoms with Gasteiger partial charge in [0.05, 0.1) is 11.3 Å². The van der Waals surface area contributed by atoms with Gasteiger partial charge in [-0.15, -0.1) is 0 Å². The Balaban J connectivity index is 1.66. The van der Waals surface area contributed by atoms with Crippen molar-refractivity contribution in [2.24, 2.45) is 0 Å². The van der Waals surface area contributed by atoms with Gasteiger partial charge in [-0.2, -0.15) is 0 Å². The van der Waals surface area contributed by atoms with E-state index in [0.29, 0.717) is 12.1 Å². The highest BCUT2D eigenvalue weighted by Crippen LogP contribution is 2.17. The third-order valence-corrected chi connectivity index (χ3v) is 3.78. The van der Waals surface area contributed by atoms with Gasteiger partial charge in [0, 0.05) is 24.2 Å². The highest BCUT2D eigenvalue weighted by atomic mass is 16.4. The number of anilines is 1. The number of nitrogens with zero attached hydrogens (tertiary/aromatic N) is 1. The van der Waals surface area contributed by atoms with E-state index in [1.54, 1.807) is 30.6 Å². The fourth-order valence-electron chi connectivity index (χ4n) is 2.54. The number of hydrogen-bond acceptors (Lipinski definition) is 3. The second-order valence-corrected chi connectivity index (χ2v) is 5.46. The lowest BCUT2D eigenvalue weighted by Gasteiger charge is -2.08. The molecule has 2 N–H and O–H groups in total. The Hall–Kier alpha value is -3.21. The number of pyridine rings is 1. The maximum atomic E-state index is 12.1. The summed E-state index contributed by atoms with van der Waals surface area (Å²) >= 11 is 0. The van der Waals surface area contributed by atoms with E-state index in [1.165, 1.54) is 6.07 Å². The van der Waals surface area contributed by atoms with Gasteiger partial charge >= 0.3 is 5.97 Å². The number of hydrogen-bond donors (Lipinski definition) is 2. The number of aromatic nitrogens is 1. The number of rotatable bonds is 5. The van der Waals surface area contributed by atoms with Gasteiger partial charge in [-0.25, -0.2) is 4.79 Å². The van der Waals surface area contributed by atoms with Gasteiger partial charge < -0.3 is 10.4 Å². The third kappa shape index (κ3) is 3.57. The summed E-state index contributed by atoms with van der Waals surface area (Å²) in [4.78, 5) is 27.3. The van der Waals surface area contributed by atoms with Crippen LogP contribution in [0.3, 0.4) is 0 Å². The summed E-state index contributed by atoms with van der Waals surface area (Å²) in [5, 5.41) is 13.9. The fourth-order valence-corrected chi connectivity index (χ4v) is 2.54. The molecule has 120 valence electrons. The largest absolute Gasteiger partial charge is 0.478 e. The van der Waals surface area contributed by atoms with Crippen molar-refractivity contribution < 1.29 is 14.7 Å². The standard InChI is InChI=1S/C19H16N2O3/c22-18(21-17-4-2-1-3-16(17)19(23)24)8-6-13-5-7-15-12-20-10-9-14(15)11-13/h1-5,7,9-12H,6,8H2,(H,21,22)(H,23,24). The van der Waals surface area contributed by atoms with Gasteiger partial charge in [0.2, 0.25) is 5.91 Å². The van der Waals surface area contributed by atoms with Crippen molar-refractivity contribution in [3.05, 3.63) is 72.1 Å². The molecule has 3 rings (SSSR count). The van der Waals surface area contributed by atoms with Gasteiger partial charge in [0.25, 0.3) is 0 Å². The smallest absolute Gasteiger partial charge is 0.337 e. The van der Waals surface area contributed by atoms with Crippen molar-refractivity contribution in [3.63, 3.8) is 0 Å². The van der Waals surface area contributed by atoms with E-state index >= 15 is 0 Å². The Kier molecular flexibility index (Phi) is 4.52. The molecule has 2 aromatic carbocycles. The monoisotopic (exact) mass is 320 g/mol. The minimum atomic E-state index is -1.06. The molecule has 24 heavy (non-hydrogen) atoms. The van der Waals surface area contributed by atoms with Crippen molar-refractivity contribution in [2.45, 2.75) is 12.8 Å². The number of benzene rings is 2. The first kappa shape index (κ1) is 15.7. The summed E-state index contributed by atoms with van der Waals surface area (Å²) < 4.78 is 0. The molecule has 3 aromatic rings. The number of aryl methyl sites for hydroxylation is 1. The van der Waals surface area contributed by atoms with Crippen LogP contribution < -0.4 is 5.32 Å². The zero-order valence-corrected chi connectivity index (χ0v) is 12.9. The van der Waals surface area contributed by atoms with Crippen LogP contribution in [-0.4, -0.2) is 22.0 Å². The van der Waals surface area contributed by atoms with E-state index in [2.05, 4.69) is 10.3 Å². The number of fused-ring (bicyclic) bond motifs is 1. The third-order valence-electron chi connectivity index (χ3n) is 3.78. The maximum Gasteiger partial charge on any atom is 0.337 e. The van der Waals surface area contributed by atoms with Crippen molar-refractivity contribution in [2.75, 3.05) is 5.32 Å². The average molecular weight is 320 g/mol. The number of aromatic carboxylic acids is 1. The molecule has 0 saturated carbocycles. The van der Waals surface area contributed by atoms with E-state index in [1.807, 2.05) is 24.3 Å². The second-order valence-electron chi connectivity index (χ2n) is 5.46. The predicted molar refractivity (Wildman–Crippen MR) is 92.1 cm³/mol. The van der Waals surface area contributed by atoms with Gasteiger partial charge in [-0.05, 0) is 35.6 Å². The zero-order chi connectivity index (χ0) is 16.9. The fraction of sp³-hybridized carbons (Fsp3) is 0.105. The van der Waals surface area contributed by atoms with Crippen molar-refractivity contribution >= 4 is 28.3 Å². The molecule has 0 aliphatic heterocycles. The Morgan fingerprint density at radius 1 is 1.04 bits per heavy atom. The van der Waals surface area contributed by atoms with Gasteiger partial charge in [0.1, 0.15) is 0 Å². The summed E-state index contributed by atoms with van der Waals surface area (Å²) in [6.07, 6.45) is 4.40. The molecule has 5 nitrogen and oxygen atoms in total. The molecule has 0 bridgehead atoms. The number of nitrogens with one attached hydrogen (secondary N) is 1. The normalized spacial score (nSPS) is 10.5. The summed E-state index contributed by atoms with van der Waals surface area (Å²) in [6.45, 7) is 0. The van der Waals surface area contributed by atoms with Crippen LogP contribution in [0.2, 0.25) is 0 Å². The number of amides is 1. The van der Waals surface area contributed by atoms with Crippen LogP contribution in [0.1, 0.15) is 22.3 Å². The predicted octanol–water partition coefficient (Wildman–Crippen LogP) is 3.50. The van der Waals surface area contributed by atoms with Crippen LogP contribution in [-0.2, 0) is 11.2 Å². The van der Waals surface area contributed by atoms with Crippen LogP contribution in [0.5, 0.6) is 0 Å². The van der Waals surface area contributed by atoms with E-state index in [9.17, 15) is 9.59 Å². The molecule has 1 amide bonds. The highest BCUT2D eigenvalue weighted by molar-refractivity contribution is 6.00. The zero-order valence-electron chi connectivity index (χ0n) is 12.9. The van der Waals surface area contributed by atoms with Crippen LogP contribution in [0.25, 0.3) is 10.8 Å². The summed E-state index contributed by atoms with van der Waals surface area (Å²) in [5.74, 6) is -1.27. The first-order chi connectivity index (χ1) is 11.6. The molecule has 0 saturated heterocycles. The first-order valence-electron chi connectivity index (χ1n) is 7.58. The number of carbonyl (C=O) groups excluding carboxylic acids is 1. The number of carboxylic acids is 1. The Labute approximate surface area is 139 Å². The molecule has 0 radical (unpaired) electrons. The topological polar surface area (TPSA) is 79.3 Å². The Morgan fingerprint density at radius 2 is 1.88 bits per heavy atom. The molecule has 1 aromatic heterocycles. The Bertz CT molecular complexity index is 906. The molecule has 0 atom stereocenters. The molecular formula is C19H16N2O3. The molecule has 5 heteroatoms. The summed E-state index contributed by atoms with van der Waals surface area (Å²) in [7, 11) is 0. The average Bonchev–Trinajstić information content (AvgIpc) is 2.60. The second kappa shape index (κ2) is 6.91. The first-order valence-corrected chi connectivity index (χ1v) is 7.58. The molecule has 0 aliphatic carbocycles.